The largest absolute Gasteiger partial charge is 0.468 e. The standard InChI is InChI=1S/C18H22N4O3/c1-21(11-14-4-2-8-24-14)16-12-22(15-5-3-9-25-17(15)16)18(23)13-6-7-19-20-10-13/h2,4,6-8,10,15-17H,3,5,9,11-12H2,1H3/t15-,16-,17+/m1/s1. The van der Waals surface area contributed by atoms with E-state index in [1.807, 2.05) is 17.0 Å². The molecule has 7 nitrogen and oxygen atoms in total. The molecule has 2 aromatic rings. The lowest BCUT2D eigenvalue weighted by Crippen LogP contribution is -2.46. The van der Waals surface area contributed by atoms with Gasteiger partial charge in [-0.3, -0.25) is 9.69 Å². The van der Waals surface area contributed by atoms with Crippen LogP contribution in [-0.4, -0.2) is 64.3 Å². The first-order valence-electron chi connectivity index (χ1n) is 8.66. The van der Waals surface area contributed by atoms with Crippen molar-refractivity contribution in [2.75, 3.05) is 20.2 Å². The molecule has 2 aliphatic heterocycles. The van der Waals surface area contributed by atoms with Gasteiger partial charge in [-0.05, 0) is 38.1 Å². The molecule has 1 amide bonds. The normalized spacial score (nSPS) is 26.0. The van der Waals surface area contributed by atoms with E-state index in [0.29, 0.717) is 18.7 Å². The molecule has 2 aromatic heterocycles. The molecule has 7 heteroatoms. The van der Waals surface area contributed by atoms with Crippen molar-refractivity contribution in [3.05, 3.63) is 48.2 Å². The Morgan fingerprint density at radius 3 is 3.08 bits per heavy atom. The number of ether oxygens (including phenoxy) is 1. The summed E-state index contributed by atoms with van der Waals surface area (Å²) in [5.74, 6) is 0.919. The average molecular weight is 342 g/mol. The Balaban J connectivity index is 1.54. The number of likely N-dealkylation sites (N-methyl/N-ethyl adjacent to an activating group) is 1. The van der Waals surface area contributed by atoms with Crippen LogP contribution in [0.25, 0.3) is 0 Å². The van der Waals surface area contributed by atoms with Crippen LogP contribution in [0.4, 0.5) is 0 Å². The Bertz CT molecular complexity index is 706. The highest BCUT2D eigenvalue weighted by atomic mass is 16.5. The van der Waals surface area contributed by atoms with Gasteiger partial charge < -0.3 is 14.1 Å². The van der Waals surface area contributed by atoms with Crippen LogP contribution in [-0.2, 0) is 11.3 Å². The van der Waals surface area contributed by atoms with Crippen LogP contribution < -0.4 is 0 Å². The van der Waals surface area contributed by atoms with Gasteiger partial charge in [-0.15, -0.1) is 0 Å². The number of hydrogen-bond donors (Lipinski definition) is 0. The Labute approximate surface area is 146 Å². The summed E-state index contributed by atoms with van der Waals surface area (Å²) >= 11 is 0. The topological polar surface area (TPSA) is 71.7 Å². The van der Waals surface area contributed by atoms with E-state index < -0.39 is 0 Å². The third kappa shape index (κ3) is 3.17. The smallest absolute Gasteiger partial charge is 0.255 e. The second-order valence-corrected chi connectivity index (χ2v) is 6.70. The van der Waals surface area contributed by atoms with Gasteiger partial charge in [-0.25, -0.2) is 0 Å². The Hall–Kier alpha value is -2.25. The minimum atomic E-state index is 0.00398. The number of rotatable bonds is 4. The summed E-state index contributed by atoms with van der Waals surface area (Å²) in [6.07, 6.45) is 6.75. The zero-order valence-corrected chi connectivity index (χ0v) is 14.2. The van der Waals surface area contributed by atoms with Crippen LogP contribution in [0.5, 0.6) is 0 Å². The van der Waals surface area contributed by atoms with Crippen molar-refractivity contribution in [1.29, 1.82) is 0 Å². The maximum absolute atomic E-state index is 13.0. The first-order chi connectivity index (χ1) is 12.2. The van der Waals surface area contributed by atoms with Gasteiger partial charge in [0.05, 0.1) is 49.0 Å². The van der Waals surface area contributed by atoms with Crippen molar-refractivity contribution in [1.82, 2.24) is 20.0 Å². The van der Waals surface area contributed by atoms with E-state index >= 15 is 0 Å². The lowest BCUT2D eigenvalue weighted by Gasteiger charge is -2.34. The van der Waals surface area contributed by atoms with Crippen LogP contribution in [0, 0.1) is 0 Å². The van der Waals surface area contributed by atoms with Crippen LogP contribution >= 0.6 is 0 Å². The Kier molecular flexibility index (Phi) is 4.50. The lowest BCUT2D eigenvalue weighted by molar-refractivity contribution is -0.0363. The van der Waals surface area contributed by atoms with E-state index in [0.717, 1.165) is 25.2 Å². The number of aromatic nitrogens is 2. The molecular formula is C18H22N4O3. The van der Waals surface area contributed by atoms with E-state index in [1.165, 1.54) is 6.20 Å². The third-order valence-electron chi connectivity index (χ3n) is 5.14. The number of nitrogens with zero attached hydrogens (tertiary/aromatic N) is 4. The number of likely N-dealkylation sites (tertiary alicyclic amines) is 1. The molecule has 0 radical (unpaired) electrons. The molecule has 3 atom stereocenters. The second kappa shape index (κ2) is 6.93. The van der Waals surface area contributed by atoms with Crippen molar-refractivity contribution < 1.29 is 13.9 Å². The molecule has 25 heavy (non-hydrogen) atoms. The lowest BCUT2D eigenvalue weighted by atomic mass is 10.00. The van der Waals surface area contributed by atoms with Crippen molar-refractivity contribution in [2.24, 2.45) is 0 Å². The van der Waals surface area contributed by atoms with Crippen LogP contribution in [0.3, 0.4) is 0 Å². The highest BCUT2D eigenvalue weighted by Crippen LogP contribution is 2.32. The Morgan fingerprint density at radius 2 is 2.32 bits per heavy atom. The van der Waals surface area contributed by atoms with Crippen molar-refractivity contribution in [3.8, 4) is 0 Å². The molecule has 2 aliphatic rings. The molecule has 0 aromatic carbocycles. The highest BCUT2D eigenvalue weighted by Gasteiger charge is 2.47. The summed E-state index contributed by atoms with van der Waals surface area (Å²) in [6, 6.07) is 5.83. The van der Waals surface area contributed by atoms with E-state index in [1.54, 1.807) is 18.5 Å². The zero-order chi connectivity index (χ0) is 17.2. The second-order valence-electron chi connectivity index (χ2n) is 6.70. The number of hydrogen-bond acceptors (Lipinski definition) is 6. The fraction of sp³-hybridized carbons (Fsp3) is 0.500. The SMILES string of the molecule is CN(Cc1ccco1)[C@@H]1CN(C(=O)c2ccnnc2)[C@@H]2CCCO[C@H]12. The number of furan rings is 1. The van der Waals surface area contributed by atoms with E-state index in [-0.39, 0.29) is 24.1 Å². The van der Waals surface area contributed by atoms with Crippen molar-refractivity contribution in [3.63, 3.8) is 0 Å². The van der Waals surface area contributed by atoms with Crippen LogP contribution in [0.1, 0.15) is 29.0 Å². The molecule has 0 unspecified atom stereocenters. The number of fused-ring (bicyclic) bond motifs is 1. The predicted molar refractivity (Wildman–Crippen MR) is 89.8 cm³/mol. The number of amides is 1. The molecule has 0 saturated carbocycles. The number of carbonyl (C=O) groups is 1. The highest BCUT2D eigenvalue weighted by molar-refractivity contribution is 5.94. The molecule has 0 N–H and O–H groups in total. The minimum absolute atomic E-state index is 0.00398. The quantitative estimate of drug-likeness (QED) is 0.840. The van der Waals surface area contributed by atoms with E-state index in [2.05, 4.69) is 22.1 Å². The summed E-state index contributed by atoms with van der Waals surface area (Å²) in [4.78, 5) is 17.1. The molecular weight excluding hydrogens is 320 g/mol. The van der Waals surface area contributed by atoms with Gasteiger partial charge in [0.25, 0.3) is 5.91 Å². The van der Waals surface area contributed by atoms with E-state index in [4.69, 9.17) is 9.15 Å². The predicted octanol–water partition coefficient (Wildman–Crippen LogP) is 1.57. The minimum Gasteiger partial charge on any atom is -0.468 e. The first-order valence-corrected chi connectivity index (χ1v) is 8.66. The van der Waals surface area contributed by atoms with Gasteiger partial charge in [0.15, 0.2) is 0 Å². The maximum Gasteiger partial charge on any atom is 0.255 e. The zero-order valence-electron chi connectivity index (χ0n) is 14.2. The molecule has 4 heterocycles. The fourth-order valence-electron chi connectivity index (χ4n) is 3.90. The number of carbonyl (C=O) groups excluding carboxylic acids is 1. The van der Waals surface area contributed by atoms with E-state index in [9.17, 15) is 4.79 Å². The maximum atomic E-state index is 13.0. The molecule has 2 fully saturated rings. The molecule has 2 saturated heterocycles. The van der Waals surface area contributed by atoms with Crippen LogP contribution in [0.15, 0.2) is 41.3 Å². The molecule has 4 rings (SSSR count). The summed E-state index contributed by atoms with van der Waals surface area (Å²) in [5.41, 5.74) is 0.577. The molecule has 0 aliphatic carbocycles. The van der Waals surface area contributed by atoms with Gasteiger partial charge in [0, 0.05) is 13.2 Å². The van der Waals surface area contributed by atoms with Gasteiger partial charge in [-0.2, -0.15) is 10.2 Å². The average Bonchev–Trinajstić information content (AvgIpc) is 3.29. The van der Waals surface area contributed by atoms with Crippen molar-refractivity contribution in [2.45, 2.75) is 37.6 Å². The molecule has 0 spiro atoms. The molecule has 0 bridgehead atoms. The molecule has 132 valence electrons. The summed E-state index contributed by atoms with van der Waals surface area (Å²) < 4.78 is 11.5. The summed E-state index contributed by atoms with van der Waals surface area (Å²) in [7, 11) is 2.06. The Morgan fingerprint density at radius 1 is 1.40 bits per heavy atom. The van der Waals surface area contributed by atoms with Gasteiger partial charge in [-0.1, -0.05) is 0 Å². The van der Waals surface area contributed by atoms with Gasteiger partial charge in [0.2, 0.25) is 0 Å². The van der Waals surface area contributed by atoms with Crippen molar-refractivity contribution >= 4 is 5.91 Å². The summed E-state index contributed by atoms with van der Waals surface area (Å²) in [5, 5.41) is 7.59. The summed E-state index contributed by atoms with van der Waals surface area (Å²) in [6.45, 7) is 2.10. The first kappa shape index (κ1) is 16.2. The van der Waals surface area contributed by atoms with Gasteiger partial charge in [0.1, 0.15) is 5.76 Å². The van der Waals surface area contributed by atoms with Gasteiger partial charge >= 0.3 is 0 Å². The third-order valence-corrected chi connectivity index (χ3v) is 5.14. The van der Waals surface area contributed by atoms with Crippen LogP contribution in [0.2, 0.25) is 0 Å². The monoisotopic (exact) mass is 342 g/mol. The fourth-order valence-corrected chi connectivity index (χ4v) is 3.90.